The van der Waals surface area contributed by atoms with Crippen LogP contribution in [0.1, 0.15) is 17.0 Å². The van der Waals surface area contributed by atoms with Crippen LogP contribution in [-0.2, 0) is 27.8 Å². The zero-order valence-electron chi connectivity index (χ0n) is 11.9. The number of ether oxygens (including phenoxy) is 1. The van der Waals surface area contributed by atoms with Crippen molar-refractivity contribution in [1.29, 1.82) is 0 Å². The fraction of sp³-hybridized carbons (Fsp3) is 0.615. The molecule has 0 unspecified atom stereocenters. The van der Waals surface area contributed by atoms with Crippen molar-refractivity contribution in [2.45, 2.75) is 26.3 Å². The molecular weight excluding hydrogens is 262 g/mol. The molecule has 1 aliphatic heterocycles. The van der Waals surface area contributed by atoms with Gasteiger partial charge in [0.25, 0.3) is 0 Å². The number of rotatable bonds is 3. The summed E-state index contributed by atoms with van der Waals surface area (Å²) >= 11 is 0. The van der Waals surface area contributed by atoms with Crippen molar-refractivity contribution in [2.24, 2.45) is 7.05 Å². The van der Waals surface area contributed by atoms with Gasteiger partial charge in [0.1, 0.15) is 0 Å². The number of carbonyl (C=O) groups is 2. The molecule has 1 saturated heterocycles. The summed E-state index contributed by atoms with van der Waals surface area (Å²) in [4.78, 5) is 24.9. The van der Waals surface area contributed by atoms with E-state index in [1.807, 2.05) is 20.9 Å². The van der Waals surface area contributed by atoms with Gasteiger partial charge in [-0.3, -0.25) is 9.48 Å². The minimum Gasteiger partial charge on any atom is -0.480 e. The largest absolute Gasteiger partial charge is 0.480 e. The molecule has 0 aromatic carbocycles. The lowest BCUT2D eigenvalue weighted by molar-refractivity contribution is -0.158. The van der Waals surface area contributed by atoms with E-state index in [-0.39, 0.29) is 18.9 Å². The standard InChI is InChI=1S/C13H19N3O4/c1-8-10(9(2)15(3)14-8)6-12(17)16-4-5-20-7-11(16)13(18)19/h11H,4-7H2,1-3H3,(H,18,19)/t11-/m0/s1. The molecule has 0 radical (unpaired) electrons. The van der Waals surface area contributed by atoms with E-state index < -0.39 is 12.0 Å². The summed E-state index contributed by atoms with van der Waals surface area (Å²) in [5, 5.41) is 13.4. The van der Waals surface area contributed by atoms with Gasteiger partial charge in [-0.25, -0.2) is 4.79 Å². The van der Waals surface area contributed by atoms with Crippen LogP contribution in [0.25, 0.3) is 0 Å². The highest BCUT2D eigenvalue weighted by atomic mass is 16.5. The van der Waals surface area contributed by atoms with Crippen LogP contribution in [0.4, 0.5) is 0 Å². The van der Waals surface area contributed by atoms with Crippen LogP contribution < -0.4 is 0 Å². The van der Waals surface area contributed by atoms with E-state index in [4.69, 9.17) is 9.84 Å². The monoisotopic (exact) mass is 281 g/mol. The van der Waals surface area contributed by atoms with E-state index in [1.54, 1.807) is 4.68 Å². The van der Waals surface area contributed by atoms with Crippen LogP contribution in [0.5, 0.6) is 0 Å². The number of aryl methyl sites for hydroxylation is 2. The number of hydrogen-bond acceptors (Lipinski definition) is 4. The van der Waals surface area contributed by atoms with E-state index in [0.717, 1.165) is 17.0 Å². The first-order valence-corrected chi connectivity index (χ1v) is 6.51. The maximum atomic E-state index is 12.4. The molecule has 0 aliphatic carbocycles. The van der Waals surface area contributed by atoms with Crippen LogP contribution >= 0.6 is 0 Å². The lowest BCUT2D eigenvalue weighted by Crippen LogP contribution is -2.53. The third-order valence-corrected chi connectivity index (χ3v) is 3.72. The first-order valence-electron chi connectivity index (χ1n) is 6.51. The molecule has 1 aliphatic rings. The van der Waals surface area contributed by atoms with Crippen molar-refractivity contribution < 1.29 is 19.4 Å². The second-order valence-electron chi connectivity index (χ2n) is 4.97. The Hall–Kier alpha value is -1.89. The summed E-state index contributed by atoms with van der Waals surface area (Å²) in [5.74, 6) is -1.22. The molecule has 0 bridgehead atoms. The van der Waals surface area contributed by atoms with Crippen molar-refractivity contribution >= 4 is 11.9 Å². The zero-order chi connectivity index (χ0) is 14.9. The minimum absolute atomic E-state index is 0.0477. The van der Waals surface area contributed by atoms with Gasteiger partial charge in [0.05, 0.1) is 25.3 Å². The second-order valence-corrected chi connectivity index (χ2v) is 4.97. The number of carboxylic acid groups (broad SMARTS) is 1. The van der Waals surface area contributed by atoms with Crippen molar-refractivity contribution in [3.8, 4) is 0 Å². The van der Waals surface area contributed by atoms with Crippen LogP contribution in [0.2, 0.25) is 0 Å². The Labute approximate surface area is 117 Å². The van der Waals surface area contributed by atoms with Gasteiger partial charge in [0.2, 0.25) is 5.91 Å². The average molecular weight is 281 g/mol. The maximum Gasteiger partial charge on any atom is 0.328 e. The number of hydrogen-bond donors (Lipinski definition) is 1. The minimum atomic E-state index is -1.03. The number of nitrogens with zero attached hydrogens (tertiary/aromatic N) is 3. The molecule has 1 N–H and O–H groups in total. The summed E-state index contributed by atoms with van der Waals surface area (Å²) in [5.41, 5.74) is 2.60. The van der Waals surface area contributed by atoms with Gasteiger partial charge in [0, 0.05) is 24.8 Å². The van der Waals surface area contributed by atoms with Crippen LogP contribution in [0, 0.1) is 13.8 Å². The lowest BCUT2D eigenvalue weighted by Gasteiger charge is -2.32. The highest BCUT2D eigenvalue weighted by molar-refractivity contribution is 5.85. The molecule has 7 nitrogen and oxygen atoms in total. The molecule has 110 valence electrons. The van der Waals surface area contributed by atoms with E-state index in [1.165, 1.54) is 4.90 Å². The average Bonchev–Trinajstić information content (AvgIpc) is 2.65. The molecule has 0 spiro atoms. The summed E-state index contributed by atoms with van der Waals surface area (Å²) in [6.07, 6.45) is 0.176. The third-order valence-electron chi connectivity index (χ3n) is 3.72. The third kappa shape index (κ3) is 2.67. The second kappa shape index (κ2) is 5.62. The first kappa shape index (κ1) is 14.5. The van der Waals surface area contributed by atoms with Gasteiger partial charge in [-0.1, -0.05) is 0 Å². The van der Waals surface area contributed by atoms with Gasteiger partial charge >= 0.3 is 5.97 Å². The lowest BCUT2D eigenvalue weighted by atomic mass is 10.1. The highest BCUT2D eigenvalue weighted by Gasteiger charge is 2.33. The number of aliphatic carboxylic acids is 1. The zero-order valence-corrected chi connectivity index (χ0v) is 11.9. The number of morpholine rings is 1. The Morgan fingerprint density at radius 1 is 1.45 bits per heavy atom. The topological polar surface area (TPSA) is 84.7 Å². The fourth-order valence-electron chi connectivity index (χ4n) is 2.43. The molecular formula is C13H19N3O4. The SMILES string of the molecule is Cc1nn(C)c(C)c1CC(=O)N1CCOC[C@H]1C(=O)O. The Morgan fingerprint density at radius 2 is 2.15 bits per heavy atom. The Bertz CT molecular complexity index is 538. The van der Waals surface area contributed by atoms with Gasteiger partial charge < -0.3 is 14.7 Å². The van der Waals surface area contributed by atoms with E-state index in [9.17, 15) is 9.59 Å². The van der Waals surface area contributed by atoms with Gasteiger partial charge in [-0.2, -0.15) is 5.10 Å². The van der Waals surface area contributed by atoms with Crippen molar-refractivity contribution in [1.82, 2.24) is 14.7 Å². The van der Waals surface area contributed by atoms with Crippen LogP contribution in [-0.4, -0.2) is 57.5 Å². The molecule has 0 saturated carbocycles. The van der Waals surface area contributed by atoms with Gasteiger partial charge in [-0.15, -0.1) is 0 Å². The predicted octanol–water partition coefficient (Wildman–Crippen LogP) is -0.109. The fourth-order valence-corrected chi connectivity index (χ4v) is 2.43. The van der Waals surface area contributed by atoms with Crippen LogP contribution in [0.3, 0.4) is 0 Å². The number of carbonyl (C=O) groups excluding carboxylic acids is 1. The van der Waals surface area contributed by atoms with Gasteiger partial charge in [-0.05, 0) is 13.8 Å². The maximum absolute atomic E-state index is 12.4. The first-order chi connectivity index (χ1) is 9.41. The molecule has 2 heterocycles. The van der Waals surface area contributed by atoms with E-state index in [2.05, 4.69) is 5.10 Å². The van der Waals surface area contributed by atoms with Crippen molar-refractivity contribution in [2.75, 3.05) is 19.8 Å². The number of amides is 1. The summed E-state index contributed by atoms with van der Waals surface area (Å²) in [7, 11) is 1.82. The Morgan fingerprint density at radius 3 is 2.70 bits per heavy atom. The highest BCUT2D eigenvalue weighted by Crippen LogP contribution is 2.16. The number of carboxylic acids is 1. The molecule has 2 rings (SSSR count). The molecule has 1 aromatic rings. The van der Waals surface area contributed by atoms with E-state index in [0.29, 0.717) is 13.2 Å². The molecule has 1 atom stereocenters. The molecule has 1 amide bonds. The number of aromatic nitrogens is 2. The quantitative estimate of drug-likeness (QED) is 0.835. The smallest absolute Gasteiger partial charge is 0.328 e. The van der Waals surface area contributed by atoms with Crippen molar-refractivity contribution in [3.63, 3.8) is 0 Å². The predicted molar refractivity (Wildman–Crippen MR) is 70.3 cm³/mol. The Balaban J connectivity index is 2.16. The molecule has 1 aromatic heterocycles. The van der Waals surface area contributed by atoms with Gasteiger partial charge in [0.15, 0.2) is 6.04 Å². The molecule has 7 heteroatoms. The van der Waals surface area contributed by atoms with Crippen LogP contribution in [0.15, 0.2) is 0 Å². The van der Waals surface area contributed by atoms with E-state index >= 15 is 0 Å². The van der Waals surface area contributed by atoms with Crippen molar-refractivity contribution in [3.05, 3.63) is 17.0 Å². The summed E-state index contributed by atoms with van der Waals surface area (Å²) in [6, 6.07) is -0.895. The normalized spacial score (nSPS) is 19.1. The molecule has 20 heavy (non-hydrogen) atoms. The Kier molecular flexibility index (Phi) is 4.08. The summed E-state index contributed by atoms with van der Waals surface area (Å²) < 4.78 is 6.86. The molecule has 1 fully saturated rings. The summed E-state index contributed by atoms with van der Waals surface area (Å²) in [6.45, 7) is 4.49.